The van der Waals surface area contributed by atoms with Crippen molar-refractivity contribution >= 4 is 17.3 Å². The van der Waals surface area contributed by atoms with Crippen LogP contribution < -0.4 is 0 Å². The average molecular weight is 194 g/mol. The Labute approximate surface area is 78.2 Å². The van der Waals surface area contributed by atoms with E-state index in [0.717, 1.165) is 11.5 Å². The lowest BCUT2D eigenvalue weighted by atomic mass is 10.3. The minimum absolute atomic E-state index is 0.137. The number of nitrogens with zero attached hydrogens (tertiary/aromatic N) is 4. The van der Waals surface area contributed by atoms with Crippen molar-refractivity contribution in [2.75, 3.05) is 0 Å². The minimum Gasteiger partial charge on any atom is -0.331 e. The van der Waals surface area contributed by atoms with Crippen LogP contribution in [0.4, 0.5) is 0 Å². The van der Waals surface area contributed by atoms with Crippen LogP contribution in [-0.4, -0.2) is 24.9 Å². The first kappa shape index (κ1) is 8.06. The van der Waals surface area contributed by atoms with Gasteiger partial charge in [-0.15, -0.1) is 5.10 Å². The van der Waals surface area contributed by atoms with Gasteiger partial charge in [0, 0.05) is 19.4 Å². The molecule has 13 heavy (non-hydrogen) atoms. The molecule has 0 saturated heterocycles. The molecule has 2 aromatic rings. The molecule has 0 saturated carbocycles. The molecule has 0 fully saturated rings. The molecule has 0 amide bonds. The summed E-state index contributed by atoms with van der Waals surface area (Å²) < 4.78 is 5.29. The van der Waals surface area contributed by atoms with Crippen LogP contribution in [0.3, 0.4) is 0 Å². The van der Waals surface area contributed by atoms with E-state index in [0.29, 0.717) is 10.7 Å². The smallest absolute Gasteiger partial charge is 0.241 e. The van der Waals surface area contributed by atoms with E-state index in [9.17, 15) is 4.79 Å². The molecule has 0 aliphatic heterocycles. The highest BCUT2D eigenvalue weighted by Crippen LogP contribution is 2.08. The largest absolute Gasteiger partial charge is 0.331 e. The van der Waals surface area contributed by atoms with Gasteiger partial charge in [-0.1, -0.05) is 4.49 Å². The van der Waals surface area contributed by atoms with E-state index in [1.165, 1.54) is 6.20 Å². The topological polar surface area (TPSA) is 60.7 Å². The third-order valence-electron chi connectivity index (χ3n) is 1.61. The maximum atomic E-state index is 11.6. The van der Waals surface area contributed by atoms with Gasteiger partial charge >= 0.3 is 0 Å². The lowest BCUT2D eigenvalue weighted by Crippen LogP contribution is -2.06. The molecule has 0 aromatic carbocycles. The van der Waals surface area contributed by atoms with E-state index in [-0.39, 0.29) is 5.78 Å². The van der Waals surface area contributed by atoms with Gasteiger partial charge in [-0.05, 0) is 11.5 Å². The van der Waals surface area contributed by atoms with E-state index in [2.05, 4.69) is 14.6 Å². The number of carbonyl (C=O) groups is 1. The highest BCUT2D eigenvalue weighted by molar-refractivity contribution is 7.08. The number of ketones is 1. The number of aromatic nitrogens is 4. The van der Waals surface area contributed by atoms with Crippen molar-refractivity contribution in [1.29, 1.82) is 0 Å². The quantitative estimate of drug-likeness (QED) is 0.653. The van der Waals surface area contributed by atoms with Gasteiger partial charge in [0.05, 0.1) is 6.20 Å². The Kier molecular flexibility index (Phi) is 1.90. The molecule has 0 unspecified atom stereocenters. The lowest BCUT2D eigenvalue weighted by Gasteiger charge is -1.95. The summed E-state index contributed by atoms with van der Waals surface area (Å²) in [6.45, 7) is 0. The van der Waals surface area contributed by atoms with Crippen LogP contribution in [0.1, 0.15) is 15.5 Å². The standard InChI is InChI=1S/C7H6N4OS/c1-11-3-2-8-7(11)6(12)5-4-9-10-13-5/h2-4H,1H3. The van der Waals surface area contributed by atoms with Crippen molar-refractivity contribution in [1.82, 2.24) is 19.1 Å². The van der Waals surface area contributed by atoms with Crippen LogP contribution in [0, 0.1) is 0 Å². The molecule has 0 aliphatic rings. The number of hydrogen-bond donors (Lipinski definition) is 0. The van der Waals surface area contributed by atoms with Gasteiger partial charge in [0.15, 0.2) is 5.82 Å². The average Bonchev–Trinajstić information content (AvgIpc) is 2.72. The molecule has 66 valence electrons. The van der Waals surface area contributed by atoms with Gasteiger partial charge in [-0.3, -0.25) is 4.79 Å². The predicted molar refractivity (Wildman–Crippen MR) is 46.5 cm³/mol. The number of hydrogen-bond acceptors (Lipinski definition) is 5. The molecule has 0 atom stereocenters. The Hall–Kier alpha value is -1.56. The van der Waals surface area contributed by atoms with E-state index < -0.39 is 0 Å². The molecule has 0 bridgehead atoms. The third kappa shape index (κ3) is 1.35. The fourth-order valence-corrected chi connectivity index (χ4v) is 1.41. The second-order valence-corrected chi connectivity index (χ2v) is 3.26. The lowest BCUT2D eigenvalue weighted by molar-refractivity contribution is 0.103. The minimum atomic E-state index is -0.137. The maximum absolute atomic E-state index is 11.6. The molecule has 0 N–H and O–H groups in total. The maximum Gasteiger partial charge on any atom is 0.241 e. The van der Waals surface area contributed by atoms with E-state index in [1.54, 1.807) is 24.0 Å². The van der Waals surface area contributed by atoms with Gasteiger partial charge in [-0.2, -0.15) is 0 Å². The molecule has 0 aliphatic carbocycles. The predicted octanol–water partition coefficient (Wildman–Crippen LogP) is 0.503. The van der Waals surface area contributed by atoms with Gasteiger partial charge < -0.3 is 4.57 Å². The van der Waals surface area contributed by atoms with Crippen LogP contribution in [0.25, 0.3) is 0 Å². The van der Waals surface area contributed by atoms with Gasteiger partial charge in [0.2, 0.25) is 5.78 Å². The molecule has 5 nitrogen and oxygen atoms in total. The Balaban J connectivity index is 2.39. The summed E-state index contributed by atoms with van der Waals surface area (Å²) in [6.07, 6.45) is 4.76. The highest BCUT2D eigenvalue weighted by atomic mass is 32.1. The van der Waals surface area contributed by atoms with Gasteiger partial charge in [-0.25, -0.2) is 4.98 Å². The van der Waals surface area contributed by atoms with Crippen LogP contribution in [0.2, 0.25) is 0 Å². The van der Waals surface area contributed by atoms with Crippen molar-refractivity contribution in [3.63, 3.8) is 0 Å². The number of imidazole rings is 1. The molecular weight excluding hydrogens is 188 g/mol. The van der Waals surface area contributed by atoms with Crippen molar-refractivity contribution in [2.45, 2.75) is 0 Å². The van der Waals surface area contributed by atoms with Crippen LogP contribution in [0.5, 0.6) is 0 Å². The van der Waals surface area contributed by atoms with Crippen LogP contribution >= 0.6 is 11.5 Å². The van der Waals surface area contributed by atoms with E-state index in [1.807, 2.05) is 0 Å². The fraction of sp³-hybridized carbons (Fsp3) is 0.143. The zero-order valence-electron chi connectivity index (χ0n) is 6.84. The number of aryl methyl sites for hydroxylation is 1. The second-order valence-electron chi connectivity index (χ2n) is 2.47. The molecule has 6 heteroatoms. The first-order chi connectivity index (χ1) is 6.29. The summed E-state index contributed by atoms with van der Waals surface area (Å²) in [5.74, 6) is 0.272. The van der Waals surface area contributed by atoms with Gasteiger partial charge in [0.1, 0.15) is 4.88 Å². The van der Waals surface area contributed by atoms with Gasteiger partial charge in [0.25, 0.3) is 0 Å². The normalized spacial score (nSPS) is 10.2. The molecule has 2 aromatic heterocycles. The highest BCUT2D eigenvalue weighted by Gasteiger charge is 2.15. The SMILES string of the molecule is Cn1ccnc1C(=O)c1cnns1. The molecular formula is C7H6N4OS. The fourth-order valence-electron chi connectivity index (χ4n) is 0.962. The summed E-state index contributed by atoms with van der Waals surface area (Å²) >= 11 is 1.07. The van der Waals surface area contributed by atoms with Crippen molar-refractivity contribution < 1.29 is 4.79 Å². The monoisotopic (exact) mass is 194 g/mol. The Bertz CT molecular complexity index is 419. The second kappa shape index (κ2) is 3.06. The molecule has 0 radical (unpaired) electrons. The zero-order valence-corrected chi connectivity index (χ0v) is 7.65. The van der Waals surface area contributed by atoms with Crippen molar-refractivity contribution in [3.8, 4) is 0 Å². The summed E-state index contributed by atoms with van der Waals surface area (Å²) in [5.41, 5.74) is 0. The first-order valence-electron chi connectivity index (χ1n) is 3.58. The summed E-state index contributed by atoms with van der Waals surface area (Å²) in [4.78, 5) is 16.1. The molecule has 2 rings (SSSR count). The number of carbonyl (C=O) groups excluding carboxylic acids is 1. The molecule has 0 spiro atoms. The van der Waals surface area contributed by atoms with Crippen LogP contribution in [-0.2, 0) is 7.05 Å². The van der Waals surface area contributed by atoms with Crippen molar-refractivity contribution in [2.24, 2.45) is 7.05 Å². The third-order valence-corrected chi connectivity index (χ3v) is 2.27. The Morgan fingerprint density at radius 3 is 3.00 bits per heavy atom. The first-order valence-corrected chi connectivity index (χ1v) is 4.36. The summed E-state index contributed by atoms with van der Waals surface area (Å²) in [6, 6.07) is 0. The van der Waals surface area contributed by atoms with E-state index >= 15 is 0 Å². The summed E-state index contributed by atoms with van der Waals surface area (Å²) in [5, 5.41) is 3.59. The zero-order chi connectivity index (χ0) is 9.26. The van der Waals surface area contributed by atoms with Crippen LogP contribution in [0.15, 0.2) is 18.6 Å². The number of rotatable bonds is 2. The van der Waals surface area contributed by atoms with E-state index in [4.69, 9.17) is 0 Å². The summed E-state index contributed by atoms with van der Waals surface area (Å²) in [7, 11) is 1.77. The Morgan fingerprint density at radius 1 is 1.62 bits per heavy atom. The Morgan fingerprint density at radius 2 is 2.46 bits per heavy atom. The van der Waals surface area contributed by atoms with Crippen molar-refractivity contribution in [3.05, 3.63) is 29.3 Å². The molecule has 2 heterocycles.